The highest BCUT2D eigenvalue weighted by molar-refractivity contribution is 5.88. The van der Waals surface area contributed by atoms with Crippen molar-refractivity contribution in [2.75, 3.05) is 13.2 Å². The molecule has 2 fully saturated rings. The number of carbonyl (C=O) groups is 1. The maximum absolute atomic E-state index is 12.4. The van der Waals surface area contributed by atoms with Crippen molar-refractivity contribution in [3.8, 4) is 0 Å². The SMILES string of the molecule is CCOC1CC(N)(C(=O)NCC2(C)CCC2)C1(C)C.Cl. The van der Waals surface area contributed by atoms with Gasteiger partial charge in [-0.05, 0) is 25.2 Å². The molecule has 118 valence electrons. The molecule has 0 spiro atoms. The number of carbonyl (C=O) groups excluding carboxylic acids is 1. The van der Waals surface area contributed by atoms with Crippen molar-refractivity contribution in [3.63, 3.8) is 0 Å². The zero-order chi connectivity index (χ0) is 14.3. The first kappa shape index (κ1) is 17.7. The van der Waals surface area contributed by atoms with E-state index in [1.54, 1.807) is 0 Å². The van der Waals surface area contributed by atoms with Crippen molar-refractivity contribution in [2.45, 2.75) is 65.0 Å². The molecular weight excluding hydrogens is 276 g/mol. The van der Waals surface area contributed by atoms with Gasteiger partial charge in [0.1, 0.15) is 5.54 Å². The lowest BCUT2D eigenvalue weighted by molar-refractivity contribution is -0.171. The predicted molar refractivity (Wildman–Crippen MR) is 82.9 cm³/mol. The highest BCUT2D eigenvalue weighted by Gasteiger charge is 2.62. The molecule has 2 unspecified atom stereocenters. The van der Waals surface area contributed by atoms with Gasteiger partial charge in [-0.25, -0.2) is 0 Å². The number of nitrogens with two attached hydrogens (primary N) is 1. The van der Waals surface area contributed by atoms with Crippen LogP contribution in [0.25, 0.3) is 0 Å². The summed E-state index contributed by atoms with van der Waals surface area (Å²) in [7, 11) is 0. The van der Waals surface area contributed by atoms with Gasteiger partial charge >= 0.3 is 0 Å². The van der Waals surface area contributed by atoms with E-state index in [9.17, 15) is 4.79 Å². The van der Waals surface area contributed by atoms with Crippen molar-refractivity contribution in [3.05, 3.63) is 0 Å². The largest absolute Gasteiger partial charge is 0.378 e. The third-order valence-corrected chi connectivity index (χ3v) is 5.47. The summed E-state index contributed by atoms with van der Waals surface area (Å²) in [5.74, 6) is -0.0124. The van der Waals surface area contributed by atoms with Crippen LogP contribution in [0.15, 0.2) is 0 Å². The second kappa shape index (κ2) is 5.82. The molecule has 0 radical (unpaired) electrons. The van der Waals surface area contributed by atoms with E-state index in [0.717, 1.165) is 6.54 Å². The Labute approximate surface area is 128 Å². The van der Waals surface area contributed by atoms with E-state index in [-0.39, 0.29) is 29.8 Å². The summed E-state index contributed by atoms with van der Waals surface area (Å²) >= 11 is 0. The number of nitrogens with one attached hydrogen (secondary N) is 1. The Kier molecular flexibility index (Phi) is 5.16. The standard InChI is InChI=1S/C15H28N2O2.ClH/c1-5-19-11-9-15(16,13(11,2)3)12(18)17-10-14(4)7-6-8-14;/h11H,5-10,16H2,1-4H3,(H,17,18);1H. The number of ether oxygens (including phenoxy) is 1. The summed E-state index contributed by atoms with van der Waals surface area (Å²) in [4.78, 5) is 12.4. The lowest BCUT2D eigenvalue weighted by Gasteiger charge is -2.57. The zero-order valence-corrected chi connectivity index (χ0v) is 13.9. The number of rotatable bonds is 5. The molecule has 0 aromatic rings. The van der Waals surface area contributed by atoms with E-state index in [0.29, 0.717) is 18.4 Å². The Morgan fingerprint density at radius 1 is 1.35 bits per heavy atom. The third kappa shape index (κ3) is 2.70. The minimum absolute atomic E-state index is 0. The summed E-state index contributed by atoms with van der Waals surface area (Å²) in [6, 6.07) is 0. The molecule has 2 rings (SSSR count). The summed E-state index contributed by atoms with van der Waals surface area (Å²) < 4.78 is 5.66. The maximum Gasteiger partial charge on any atom is 0.240 e. The fourth-order valence-electron chi connectivity index (χ4n) is 3.23. The molecule has 0 saturated heterocycles. The zero-order valence-electron chi connectivity index (χ0n) is 13.1. The van der Waals surface area contributed by atoms with Crippen LogP contribution >= 0.6 is 12.4 Å². The van der Waals surface area contributed by atoms with Crippen molar-refractivity contribution >= 4 is 18.3 Å². The molecule has 3 N–H and O–H groups in total. The highest BCUT2D eigenvalue weighted by atomic mass is 35.5. The Balaban J connectivity index is 0.00000200. The van der Waals surface area contributed by atoms with Gasteiger partial charge in [0.25, 0.3) is 0 Å². The number of hydrogen-bond donors (Lipinski definition) is 2. The monoisotopic (exact) mass is 304 g/mol. The van der Waals surface area contributed by atoms with Crippen LogP contribution in [0.2, 0.25) is 0 Å². The lowest BCUT2D eigenvalue weighted by Crippen LogP contribution is -2.76. The van der Waals surface area contributed by atoms with Crippen LogP contribution in [0.4, 0.5) is 0 Å². The third-order valence-electron chi connectivity index (χ3n) is 5.47. The van der Waals surface area contributed by atoms with E-state index < -0.39 is 5.54 Å². The van der Waals surface area contributed by atoms with E-state index in [2.05, 4.69) is 12.2 Å². The van der Waals surface area contributed by atoms with Crippen molar-refractivity contribution in [2.24, 2.45) is 16.6 Å². The molecule has 1 amide bonds. The summed E-state index contributed by atoms with van der Waals surface area (Å²) in [5.41, 5.74) is 5.55. The average Bonchev–Trinajstić information content (AvgIpc) is 2.33. The van der Waals surface area contributed by atoms with Gasteiger partial charge in [-0.2, -0.15) is 0 Å². The van der Waals surface area contributed by atoms with Gasteiger partial charge in [-0.15, -0.1) is 12.4 Å². The van der Waals surface area contributed by atoms with Gasteiger partial charge in [0.2, 0.25) is 5.91 Å². The van der Waals surface area contributed by atoms with Gasteiger partial charge < -0.3 is 15.8 Å². The molecule has 2 aliphatic rings. The average molecular weight is 305 g/mol. The minimum Gasteiger partial charge on any atom is -0.378 e. The summed E-state index contributed by atoms with van der Waals surface area (Å²) in [6.07, 6.45) is 4.40. The Hall–Kier alpha value is -0.320. The molecule has 0 aliphatic heterocycles. The normalized spacial score (nSPS) is 33.4. The van der Waals surface area contributed by atoms with E-state index in [1.807, 2.05) is 20.8 Å². The van der Waals surface area contributed by atoms with Crippen LogP contribution in [0.1, 0.15) is 53.4 Å². The van der Waals surface area contributed by atoms with Crippen LogP contribution in [-0.4, -0.2) is 30.7 Å². The fraction of sp³-hybridized carbons (Fsp3) is 0.933. The van der Waals surface area contributed by atoms with E-state index in [4.69, 9.17) is 10.5 Å². The molecule has 20 heavy (non-hydrogen) atoms. The summed E-state index contributed by atoms with van der Waals surface area (Å²) in [6.45, 7) is 9.69. The molecule has 5 heteroatoms. The van der Waals surface area contributed by atoms with Gasteiger partial charge in [0.05, 0.1) is 6.10 Å². The first-order chi connectivity index (χ1) is 8.75. The number of halogens is 1. The number of hydrogen-bond acceptors (Lipinski definition) is 3. The number of amides is 1. The van der Waals surface area contributed by atoms with Gasteiger partial charge in [-0.3, -0.25) is 4.79 Å². The van der Waals surface area contributed by atoms with Gasteiger partial charge in [0.15, 0.2) is 0 Å². The molecule has 2 aliphatic carbocycles. The van der Waals surface area contributed by atoms with Crippen LogP contribution in [0, 0.1) is 10.8 Å². The smallest absolute Gasteiger partial charge is 0.240 e. The highest BCUT2D eigenvalue weighted by Crippen LogP contribution is 2.50. The Bertz CT molecular complexity index is 369. The van der Waals surface area contributed by atoms with Crippen LogP contribution in [0.5, 0.6) is 0 Å². The second-order valence-corrected chi connectivity index (χ2v) is 7.19. The first-order valence-corrected chi connectivity index (χ1v) is 7.44. The molecule has 2 atom stereocenters. The van der Waals surface area contributed by atoms with Crippen LogP contribution < -0.4 is 11.1 Å². The maximum atomic E-state index is 12.4. The predicted octanol–water partition coefficient (Wildman–Crippen LogP) is 2.25. The van der Waals surface area contributed by atoms with Crippen LogP contribution in [-0.2, 0) is 9.53 Å². The van der Waals surface area contributed by atoms with Gasteiger partial charge in [0, 0.05) is 25.0 Å². The van der Waals surface area contributed by atoms with E-state index >= 15 is 0 Å². The molecule has 0 aromatic heterocycles. The molecule has 0 bridgehead atoms. The van der Waals surface area contributed by atoms with Crippen molar-refractivity contribution < 1.29 is 9.53 Å². The Morgan fingerprint density at radius 3 is 2.35 bits per heavy atom. The van der Waals surface area contributed by atoms with Gasteiger partial charge in [-0.1, -0.05) is 27.2 Å². The Morgan fingerprint density at radius 2 is 1.95 bits per heavy atom. The van der Waals surface area contributed by atoms with Crippen molar-refractivity contribution in [1.82, 2.24) is 5.32 Å². The van der Waals surface area contributed by atoms with E-state index in [1.165, 1.54) is 19.3 Å². The quantitative estimate of drug-likeness (QED) is 0.819. The lowest BCUT2D eigenvalue weighted by atomic mass is 9.54. The van der Waals surface area contributed by atoms with Crippen molar-refractivity contribution in [1.29, 1.82) is 0 Å². The molecule has 0 aromatic carbocycles. The molecule has 4 nitrogen and oxygen atoms in total. The second-order valence-electron chi connectivity index (χ2n) is 7.19. The molecule has 0 heterocycles. The summed E-state index contributed by atoms with van der Waals surface area (Å²) in [5, 5.41) is 3.07. The molecular formula is C15H29ClN2O2. The van der Waals surface area contributed by atoms with Crippen LogP contribution in [0.3, 0.4) is 0 Å². The fourth-order valence-corrected chi connectivity index (χ4v) is 3.23. The topological polar surface area (TPSA) is 64.3 Å². The minimum atomic E-state index is -0.785. The molecule has 2 saturated carbocycles. The first-order valence-electron chi connectivity index (χ1n) is 7.44.